The van der Waals surface area contributed by atoms with Crippen molar-refractivity contribution in [2.75, 3.05) is 5.75 Å². The molecule has 0 spiro atoms. The van der Waals surface area contributed by atoms with Crippen LogP contribution in [0.25, 0.3) is 0 Å². The summed E-state index contributed by atoms with van der Waals surface area (Å²) in [6.07, 6.45) is -0.508. The van der Waals surface area contributed by atoms with Gasteiger partial charge >= 0.3 is 0 Å². The molecule has 0 fully saturated rings. The van der Waals surface area contributed by atoms with Gasteiger partial charge in [-0.2, -0.15) is 8.78 Å². The Morgan fingerprint density at radius 1 is 1.67 bits per heavy atom. The van der Waals surface area contributed by atoms with E-state index in [1.807, 2.05) is 0 Å². The normalized spacial score (nSPS) is 19.5. The Labute approximate surface area is 89.1 Å². The number of nitrogens with one attached hydrogen (secondary N) is 1. The highest BCUT2D eigenvalue weighted by Crippen LogP contribution is 2.21. The molecule has 15 heavy (non-hydrogen) atoms. The van der Waals surface area contributed by atoms with Gasteiger partial charge in [-0.15, -0.1) is 0 Å². The van der Waals surface area contributed by atoms with Crippen LogP contribution in [0, 0.1) is 0 Å². The largest absolute Gasteiger partial charge is 0.366 e. The van der Waals surface area contributed by atoms with Gasteiger partial charge in [0, 0.05) is 11.4 Å². The van der Waals surface area contributed by atoms with Gasteiger partial charge in [0.2, 0.25) is 0 Å². The third-order valence-corrected chi connectivity index (χ3v) is 3.61. The number of halogens is 2. The first-order chi connectivity index (χ1) is 7.00. The van der Waals surface area contributed by atoms with Crippen molar-refractivity contribution in [3.05, 3.63) is 23.4 Å². The first kappa shape index (κ1) is 11.9. The average molecular weight is 234 g/mol. The molecule has 3 nitrogen and oxygen atoms in total. The summed E-state index contributed by atoms with van der Waals surface area (Å²) in [5.41, 5.74) is 6.31. The molecule has 1 rings (SSSR count). The third-order valence-electron chi connectivity index (χ3n) is 1.85. The molecule has 1 atom stereocenters. The molecular weight excluding hydrogens is 222 g/mol. The minimum atomic E-state index is -1.67. The van der Waals surface area contributed by atoms with Gasteiger partial charge in [-0.25, -0.2) is 0 Å². The van der Waals surface area contributed by atoms with Crippen molar-refractivity contribution in [1.29, 1.82) is 0 Å². The maximum Gasteiger partial charge on any atom is 0.266 e. The first-order valence-electron chi connectivity index (χ1n) is 4.33. The van der Waals surface area contributed by atoms with Crippen LogP contribution in [0.4, 0.5) is 8.78 Å². The topological polar surface area (TPSA) is 55.1 Å². The van der Waals surface area contributed by atoms with E-state index >= 15 is 0 Å². The zero-order valence-electron chi connectivity index (χ0n) is 8.22. The van der Waals surface area contributed by atoms with Gasteiger partial charge < -0.3 is 10.5 Å². The van der Waals surface area contributed by atoms with E-state index in [9.17, 15) is 13.6 Å². The van der Waals surface area contributed by atoms with Crippen LogP contribution < -0.4 is 10.5 Å². The second kappa shape index (κ2) is 5.06. The van der Waals surface area contributed by atoms with E-state index in [1.54, 1.807) is 12.3 Å². The van der Waals surface area contributed by atoms with E-state index in [2.05, 4.69) is 4.72 Å². The lowest BCUT2D eigenvalue weighted by atomic mass is 10.2. The van der Waals surface area contributed by atoms with Crippen LogP contribution in [0.1, 0.15) is 13.3 Å². The number of hydrogen-bond acceptors (Lipinski definition) is 2. The molecule has 0 saturated heterocycles. The van der Waals surface area contributed by atoms with Crippen molar-refractivity contribution in [3.8, 4) is 0 Å². The molecule has 1 aliphatic heterocycles. The van der Waals surface area contributed by atoms with Gasteiger partial charge in [-0.3, -0.25) is 4.79 Å². The van der Waals surface area contributed by atoms with Crippen molar-refractivity contribution in [2.24, 2.45) is 5.73 Å². The lowest BCUT2D eigenvalue weighted by Gasteiger charge is -2.04. The molecule has 0 aromatic heterocycles. The number of allylic oxidation sites excluding steroid dienone is 2. The molecule has 3 N–H and O–H groups in total. The molecule has 0 aliphatic carbocycles. The molecule has 1 heterocycles. The molecule has 6 heteroatoms. The van der Waals surface area contributed by atoms with Gasteiger partial charge in [-0.05, 0) is 24.8 Å². The Balaban J connectivity index is 2.53. The third kappa shape index (κ3) is 3.47. The number of amides is 1. The Morgan fingerprint density at radius 3 is 2.80 bits per heavy atom. The second-order valence-electron chi connectivity index (χ2n) is 3.04. The number of carbonyl (C=O) groups excluding carboxylic acids is 1. The standard InChI is InChI=1S/C9H12F2N2OS/c1-6-7(9(12)14)5-15(13-6)4-2-3-8(10)11/h3,5,13H,2,4H2,1H3,(H2,12,14). The zero-order valence-corrected chi connectivity index (χ0v) is 9.04. The highest BCUT2D eigenvalue weighted by molar-refractivity contribution is 8.14. The molecule has 0 bridgehead atoms. The van der Waals surface area contributed by atoms with E-state index in [-0.39, 0.29) is 17.1 Å². The highest BCUT2D eigenvalue weighted by Gasteiger charge is 2.14. The molecule has 0 aromatic rings. The van der Waals surface area contributed by atoms with Crippen molar-refractivity contribution >= 4 is 21.9 Å². The van der Waals surface area contributed by atoms with Crippen molar-refractivity contribution < 1.29 is 13.6 Å². The summed E-state index contributed by atoms with van der Waals surface area (Å²) in [7, 11) is -0.352. The quantitative estimate of drug-likeness (QED) is 0.724. The minimum absolute atomic E-state index is 0.286. The fraction of sp³-hybridized carbons (Fsp3) is 0.333. The van der Waals surface area contributed by atoms with E-state index in [0.717, 1.165) is 11.8 Å². The summed E-state index contributed by atoms with van der Waals surface area (Å²) >= 11 is 0. The number of hydrogen-bond donors (Lipinski definition) is 2. The number of rotatable bonds is 4. The molecule has 0 radical (unpaired) electrons. The van der Waals surface area contributed by atoms with Gasteiger partial charge in [-0.1, -0.05) is 10.7 Å². The summed E-state index contributed by atoms with van der Waals surface area (Å²) in [6, 6.07) is 0. The molecule has 1 amide bonds. The van der Waals surface area contributed by atoms with Gasteiger partial charge in [0.05, 0.1) is 5.57 Å². The van der Waals surface area contributed by atoms with Crippen molar-refractivity contribution in [2.45, 2.75) is 13.3 Å². The zero-order chi connectivity index (χ0) is 11.4. The Hall–Kier alpha value is -1.17. The van der Waals surface area contributed by atoms with Crippen LogP contribution in [0.2, 0.25) is 0 Å². The summed E-state index contributed by atoms with van der Waals surface area (Å²) < 4.78 is 26.5. The molecular formula is C9H12F2N2OS. The number of nitrogens with two attached hydrogens (primary N) is 1. The van der Waals surface area contributed by atoms with Crippen LogP contribution >= 0.6 is 10.7 Å². The molecule has 84 valence electrons. The fourth-order valence-electron chi connectivity index (χ4n) is 1.16. The smallest absolute Gasteiger partial charge is 0.266 e. The predicted octanol–water partition coefficient (Wildman–Crippen LogP) is 1.51. The SMILES string of the molecule is CC1=C(C(N)=O)C=S(CCC=C(F)F)N1. The summed E-state index contributed by atoms with van der Waals surface area (Å²) in [4.78, 5) is 10.9. The van der Waals surface area contributed by atoms with Crippen molar-refractivity contribution in [1.82, 2.24) is 4.72 Å². The predicted molar refractivity (Wildman–Crippen MR) is 58.5 cm³/mol. The fourth-order valence-corrected chi connectivity index (χ4v) is 2.89. The monoisotopic (exact) mass is 234 g/mol. The Morgan fingerprint density at radius 2 is 2.33 bits per heavy atom. The maximum atomic E-state index is 11.7. The Kier molecular flexibility index (Phi) is 4.02. The molecule has 0 saturated carbocycles. The van der Waals surface area contributed by atoms with E-state index in [4.69, 9.17) is 5.73 Å². The minimum Gasteiger partial charge on any atom is -0.366 e. The highest BCUT2D eigenvalue weighted by atomic mass is 32.2. The summed E-state index contributed by atoms with van der Waals surface area (Å²) in [5, 5.41) is 1.71. The number of primary amides is 1. The van der Waals surface area contributed by atoms with Crippen molar-refractivity contribution in [3.63, 3.8) is 0 Å². The van der Waals surface area contributed by atoms with Crippen LogP contribution in [-0.4, -0.2) is 17.0 Å². The first-order valence-corrected chi connectivity index (χ1v) is 5.79. The van der Waals surface area contributed by atoms with Gasteiger partial charge in [0.1, 0.15) is 0 Å². The van der Waals surface area contributed by atoms with Crippen LogP contribution in [-0.2, 0) is 4.79 Å². The van der Waals surface area contributed by atoms with Crippen LogP contribution in [0.3, 0.4) is 0 Å². The van der Waals surface area contributed by atoms with E-state index in [1.165, 1.54) is 0 Å². The summed E-state index contributed by atoms with van der Waals surface area (Å²) in [5.74, 6) is 0.0630. The van der Waals surface area contributed by atoms with E-state index < -0.39 is 12.0 Å². The molecule has 0 aromatic carbocycles. The summed E-state index contributed by atoms with van der Waals surface area (Å²) in [6.45, 7) is 1.75. The lowest BCUT2D eigenvalue weighted by molar-refractivity contribution is -0.114. The average Bonchev–Trinajstić information content (AvgIpc) is 2.46. The molecule has 1 unspecified atom stereocenters. The van der Waals surface area contributed by atoms with Crippen LogP contribution in [0.5, 0.6) is 0 Å². The maximum absolute atomic E-state index is 11.7. The second-order valence-corrected chi connectivity index (χ2v) is 4.74. The van der Waals surface area contributed by atoms with Crippen LogP contribution in [0.15, 0.2) is 23.4 Å². The van der Waals surface area contributed by atoms with Gasteiger partial charge in [0.15, 0.2) is 0 Å². The lowest BCUT2D eigenvalue weighted by Crippen LogP contribution is -2.15. The Bertz CT molecular complexity index is 370. The molecule has 1 aliphatic rings. The number of carbonyl (C=O) groups is 1. The van der Waals surface area contributed by atoms with Gasteiger partial charge in [0.25, 0.3) is 12.0 Å². The van der Waals surface area contributed by atoms with E-state index in [0.29, 0.717) is 11.3 Å².